The van der Waals surface area contributed by atoms with Crippen LogP contribution in [0.5, 0.6) is 0 Å². The number of carbonyl (C=O) groups is 1. The number of nitro benzene ring substituents is 1. The molecule has 6 nitrogen and oxygen atoms in total. The Kier molecular flexibility index (Phi) is 5.43. The Bertz CT molecular complexity index is 715. The number of aliphatic hydroxyl groups excluding tert-OH is 1. The van der Waals surface area contributed by atoms with E-state index < -0.39 is 11.0 Å². The van der Waals surface area contributed by atoms with Gasteiger partial charge < -0.3 is 10.4 Å². The van der Waals surface area contributed by atoms with E-state index in [1.165, 1.54) is 6.07 Å². The number of nitro groups is 1. The predicted octanol–water partition coefficient (Wildman–Crippen LogP) is 2.30. The quantitative estimate of drug-likeness (QED) is 0.632. The lowest BCUT2D eigenvalue weighted by molar-refractivity contribution is -0.385. The van der Waals surface area contributed by atoms with E-state index in [2.05, 4.69) is 5.32 Å². The van der Waals surface area contributed by atoms with Crippen molar-refractivity contribution in [2.24, 2.45) is 0 Å². The number of aliphatic hydroxyl groups is 1. The molecule has 0 aromatic heterocycles. The molecule has 0 spiro atoms. The first-order chi connectivity index (χ1) is 11.0. The van der Waals surface area contributed by atoms with Crippen molar-refractivity contribution in [3.05, 3.63) is 75.3 Å². The van der Waals surface area contributed by atoms with Crippen molar-refractivity contribution in [2.45, 2.75) is 19.4 Å². The van der Waals surface area contributed by atoms with Gasteiger partial charge >= 0.3 is 0 Å². The van der Waals surface area contributed by atoms with Crippen LogP contribution < -0.4 is 5.32 Å². The van der Waals surface area contributed by atoms with Gasteiger partial charge in [0.25, 0.3) is 5.69 Å². The molecule has 120 valence electrons. The lowest BCUT2D eigenvalue weighted by Crippen LogP contribution is -2.30. The van der Waals surface area contributed by atoms with Gasteiger partial charge in [0.2, 0.25) is 5.91 Å². The number of nitrogens with one attached hydrogen (secondary N) is 1. The monoisotopic (exact) mass is 314 g/mol. The second-order valence-corrected chi connectivity index (χ2v) is 5.24. The van der Waals surface area contributed by atoms with E-state index in [0.29, 0.717) is 5.56 Å². The standard InChI is InChI=1S/C17H18N2O4/c1-12-6-2-4-8-14(12)16(20)11-18-17(21)10-13-7-3-5-9-15(13)19(22)23/h2-9,16,20H,10-11H2,1H3,(H,18,21)/t16-/m1/s1. The Balaban J connectivity index is 1.96. The molecule has 0 saturated heterocycles. The van der Waals surface area contributed by atoms with Crippen LogP contribution in [-0.4, -0.2) is 22.5 Å². The number of para-hydroxylation sites is 1. The molecule has 1 atom stereocenters. The van der Waals surface area contributed by atoms with Crippen LogP contribution in [0.1, 0.15) is 22.8 Å². The molecular formula is C17H18N2O4. The van der Waals surface area contributed by atoms with Gasteiger partial charge in [-0.15, -0.1) is 0 Å². The van der Waals surface area contributed by atoms with Crippen molar-refractivity contribution >= 4 is 11.6 Å². The molecule has 0 aliphatic carbocycles. The lowest BCUT2D eigenvalue weighted by atomic mass is 10.0. The number of hydrogen-bond acceptors (Lipinski definition) is 4. The molecule has 0 bridgehead atoms. The number of aryl methyl sites for hydroxylation is 1. The van der Waals surface area contributed by atoms with Crippen molar-refractivity contribution in [3.8, 4) is 0 Å². The highest BCUT2D eigenvalue weighted by Crippen LogP contribution is 2.19. The van der Waals surface area contributed by atoms with Gasteiger partial charge in [0.05, 0.1) is 17.4 Å². The van der Waals surface area contributed by atoms with E-state index in [0.717, 1.165) is 11.1 Å². The maximum Gasteiger partial charge on any atom is 0.273 e. The van der Waals surface area contributed by atoms with Gasteiger partial charge in [-0.05, 0) is 18.1 Å². The zero-order valence-electron chi connectivity index (χ0n) is 12.7. The number of nitrogens with zero attached hydrogens (tertiary/aromatic N) is 1. The van der Waals surface area contributed by atoms with E-state index >= 15 is 0 Å². The van der Waals surface area contributed by atoms with Gasteiger partial charge in [0, 0.05) is 18.2 Å². The Hall–Kier alpha value is -2.73. The third-order valence-corrected chi connectivity index (χ3v) is 3.58. The first-order valence-electron chi connectivity index (χ1n) is 7.21. The van der Waals surface area contributed by atoms with Crippen molar-refractivity contribution in [2.75, 3.05) is 6.54 Å². The second kappa shape index (κ2) is 7.51. The van der Waals surface area contributed by atoms with Crippen LogP contribution in [0.25, 0.3) is 0 Å². The Morgan fingerprint density at radius 3 is 2.57 bits per heavy atom. The fourth-order valence-corrected chi connectivity index (χ4v) is 2.36. The summed E-state index contributed by atoms with van der Waals surface area (Å²) in [6, 6.07) is 13.5. The first-order valence-corrected chi connectivity index (χ1v) is 7.21. The predicted molar refractivity (Wildman–Crippen MR) is 85.9 cm³/mol. The third kappa shape index (κ3) is 4.37. The van der Waals surface area contributed by atoms with E-state index in [1.54, 1.807) is 24.3 Å². The van der Waals surface area contributed by atoms with Crippen molar-refractivity contribution in [1.29, 1.82) is 0 Å². The Morgan fingerprint density at radius 2 is 1.87 bits per heavy atom. The van der Waals surface area contributed by atoms with Crippen molar-refractivity contribution < 1.29 is 14.8 Å². The molecule has 0 radical (unpaired) electrons. The molecule has 1 amide bonds. The van der Waals surface area contributed by atoms with Crippen LogP contribution >= 0.6 is 0 Å². The zero-order valence-corrected chi connectivity index (χ0v) is 12.7. The van der Waals surface area contributed by atoms with Gasteiger partial charge in [-0.3, -0.25) is 14.9 Å². The Morgan fingerprint density at radius 1 is 1.22 bits per heavy atom. The number of hydrogen-bond donors (Lipinski definition) is 2. The average molecular weight is 314 g/mol. The van der Waals surface area contributed by atoms with Gasteiger partial charge in [-0.1, -0.05) is 42.5 Å². The van der Waals surface area contributed by atoms with E-state index in [-0.39, 0.29) is 24.6 Å². The molecule has 0 fully saturated rings. The number of carbonyl (C=O) groups excluding carboxylic acids is 1. The normalized spacial score (nSPS) is 11.7. The molecule has 0 unspecified atom stereocenters. The first kappa shape index (κ1) is 16.6. The molecule has 0 aliphatic rings. The zero-order chi connectivity index (χ0) is 16.8. The summed E-state index contributed by atoms with van der Waals surface area (Å²) in [5, 5.41) is 23.7. The average Bonchev–Trinajstić information content (AvgIpc) is 2.53. The molecule has 6 heteroatoms. The minimum atomic E-state index is -0.814. The molecule has 0 aliphatic heterocycles. The molecule has 2 aromatic carbocycles. The highest BCUT2D eigenvalue weighted by atomic mass is 16.6. The summed E-state index contributed by atoms with van der Waals surface area (Å²) in [6.07, 6.45) is -0.914. The van der Waals surface area contributed by atoms with Crippen LogP contribution in [-0.2, 0) is 11.2 Å². The van der Waals surface area contributed by atoms with E-state index in [1.807, 2.05) is 25.1 Å². The lowest BCUT2D eigenvalue weighted by Gasteiger charge is -2.14. The summed E-state index contributed by atoms with van der Waals surface area (Å²) in [7, 11) is 0. The minimum absolute atomic E-state index is 0.0598. The summed E-state index contributed by atoms with van der Waals surface area (Å²) in [6.45, 7) is 1.94. The summed E-state index contributed by atoms with van der Waals surface area (Å²) in [5.41, 5.74) is 1.95. The van der Waals surface area contributed by atoms with Crippen LogP contribution in [0.15, 0.2) is 48.5 Å². The highest BCUT2D eigenvalue weighted by Gasteiger charge is 2.16. The van der Waals surface area contributed by atoms with Gasteiger partial charge in [0.15, 0.2) is 0 Å². The maximum absolute atomic E-state index is 12.0. The van der Waals surface area contributed by atoms with Gasteiger partial charge in [-0.25, -0.2) is 0 Å². The van der Waals surface area contributed by atoms with Gasteiger partial charge in [-0.2, -0.15) is 0 Å². The summed E-state index contributed by atoms with van der Waals surface area (Å²) < 4.78 is 0. The van der Waals surface area contributed by atoms with Gasteiger partial charge in [0.1, 0.15) is 0 Å². The highest BCUT2D eigenvalue weighted by molar-refractivity contribution is 5.79. The van der Waals surface area contributed by atoms with Crippen LogP contribution in [0.3, 0.4) is 0 Å². The second-order valence-electron chi connectivity index (χ2n) is 5.24. The van der Waals surface area contributed by atoms with Crippen molar-refractivity contribution in [1.82, 2.24) is 5.32 Å². The van der Waals surface area contributed by atoms with Crippen molar-refractivity contribution in [3.63, 3.8) is 0 Å². The molecular weight excluding hydrogens is 296 g/mol. The fourth-order valence-electron chi connectivity index (χ4n) is 2.36. The van der Waals surface area contributed by atoms with Crippen LogP contribution in [0.2, 0.25) is 0 Å². The summed E-state index contributed by atoms with van der Waals surface area (Å²) in [5.74, 6) is -0.369. The molecule has 2 aromatic rings. The smallest absolute Gasteiger partial charge is 0.273 e. The molecule has 0 saturated carbocycles. The largest absolute Gasteiger partial charge is 0.387 e. The van der Waals surface area contributed by atoms with Crippen LogP contribution in [0.4, 0.5) is 5.69 Å². The topological polar surface area (TPSA) is 92.5 Å². The molecule has 2 rings (SSSR count). The Labute approximate surface area is 133 Å². The number of rotatable bonds is 6. The molecule has 0 heterocycles. The fraction of sp³-hybridized carbons (Fsp3) is 0.235. The maximum atomic E-state index is 12.0. The minimum Gasteiger partial charge on any atom is -0.387 e. The number of amides is 1. The molecule has 23 heavy (non-hydrogen) atoms. The summed E-state index contributed by atoms with van der Waals surface area (Å²) in [4.78, 5) is 22.4. The van der Waals surface area contributed by atoms with E-state index in [9.17, 15) is 20.0 Å². The SMILES string of the molecule is Cc1ccccc1[C@H](O)CNC(=O)Cc1ccccc1[N+](=O)[O-]. The van der Waals surface area contributed by atoms with Crippen LogP contribution in [0, 0.1) is 17.0 Å². The summed E-state index contributed by atoms with van der Waals surface area (Å²) >= 11 is 0. The van der Waals surface area contributed by atoms with E-state index in [4.69, 9.17) is 0 Å². The molecule has 2 N–H and O–H groups in total. The third-order valence-electron chi connectivity index (χ3n) is 3.58. The number of benzene rings is 2.